The normalized spacial score (nSPS) is 33.5. The van der Waals surface area contributed by atoms with Crippen molar-refractivity contribution < 1.29 is 4.79 Å². The quantitative estimate of drug-likeness (QED) is 0.607. The highest BCUT2D eigenvalue weighted by Crippen LogP contribution is 2.42. The summed E-state index contributed by atoms with van der Waals surface area (Å²) in [5, 5.41) is 3.13. The predicted molar refractivity (Wildman–Crippen MR) is 43.1 cm³/mol. The van der Waals surface area contributed by atoms with Gasteiger partial charge in [-0.1, -0.05) is 6.92 Å². The Morgan fingerprint density at radius 1 is 1.64 bits per heavy atom. The van der Waals surface area contributed by atoms with Crippen molar-refractivity contribution in [1.82, 2.24) is 5.32 Å². The highest BCUT2D eigenvalue weighted by atomic mass is 16.2. The summed E-state index contributed by atoms with van der Waals surface area (Å²) in [6.07, 6.45) is 5.84. The van der Waals surface area contributed by atoms with E-state index in [1.165, 1.54) is 19.3 Å². The van der Waals surface area contributed by atoms with Crippen molar-refractivity contribution in [2.75, 3.05) is 0 Å². The minimum absolute atomic E-state index is 0.262. The van der Waals surface area contributed by atoms with E-state index in [0.717, 1.165) is 12.8 Å². The van der Waals surface area contributed by atoms with Crippen molar-refractivity contribution in [1.29, 1.82) is 0 Å². The molecule has 1 spiro atoms. The lowest BCUT2D eigenvalue weighted by Crippen LogP contribution is -2.47. The standard InChI is InChI=1S/C9H15NO/c1-2-7-6-9(4-3-5-9)10-8(7)11/h7H,2-6H2,1H3,(H,10,11)/t7-/m1/s1. The van der Waals surface area contributed by atoms with Crippen LogP contribution in [0.3, 0.4) is 0 Å². The average molecular weight is 153 g/mol. The maximum atomic E-state index is 11.3. The lowest BCUT2D eigenvalue weighted by Gasteiger charge is -2.38. The van der Waals surface area contributed by atoms with Crippen molar-refractivity contribution >= 4 is 5.91 Å². The Morgan fingerprint density at radius 3 is 2.64 bits per heavy atom. The molecule has 2 aliphatic rings. The zero-order chi connectivity index (χ0) is 7.90. The minimum Gasteiger partial charge on any atom is -0.350 e. The number of hydrogen-bond acceptors (Lipinski definition) is 1. The lowest BCUT2D eigenvalue weighted by atomic mass is 9.74. The minimum atomic E-state index is 0.262. The van der Waals surface area contributed by atoms with E-state index < -0.39 is 0 Å². The Labute approximate surface area is 67.4 Å². The number of hydrogen-bond donors (Lipinski definition) is 1. The van der Waals surface area contributed by atoms with Crippen LogP contribution >= 0.6 is 0 Å². The average Bonchev–Trinajstić information content (AvgIpc) is 2.26. The molecule has 0 aromatic rings. The molecule has 0 radical (unpaired) electrons. The molecule has 2 fully saturated rings. The van der Waals surface area contributed by atoms with Crippen LogP contribution in [0.15, 0.2) is 0 Å². The van der Waals surface area contributed by atoms with Gasteiger partial charge < -0.3 is 5.32 Å². The molecule has 1 N–H and O–H groups in total. The topological polar surface area (TPSA) is 29.1 Å². The molecule has 1 atom stereocenters. The van der Waals surface area contributed by atoms with E-state index >= 15 is 0 Å². The molecule has 0 aromatic heterocycles. The van der Waals surface area contributed by atoms with E-state index in [9.17, 15) is 4.79 Å². The summed E-state index contributed by atoms with van der Waals surface area (Å²) in [5.41, 5.74) is 0.262. The summed E-state index contributed by atoms with van der Waals surface area (Å²) >= 11 is 0. The van der Waals surface area contributed by atoms with E-state index in [2.05, 4.69) is 12.2 Å². The van der Waals surface area contributed by atoms with Crippen molar-refractivity contribution in [3.8, 4) is 0 Å². The van der Waals surface area contributed by atoms with E-state index in [1.54, 1.807) is 0 Å². The van der Waals surface area contributed by atoms with E-state index in [0.29, 0.717) is 11.8 Å². The first-order valence-corrected chi connectivity index (χ1v) is 4.58. The van der Waals surface area contributed by atoms with E-state index in [-0.39, 0.29) is 5.54 Å². The summed E-state index contributed by atoms with van der Waals surface area (Å²) in [6, 6.07) is 0. The summed E-state index contributed by atoms with van der Waals surface area (Å²) in [6.45, 7) is 2.10. The van der Waals surface area contributed by atoms with Crippen molar-refractivity contribution in [3.63, 3.8) is 0 Å². The summed E-state index contributed by atoms with van der Waals surface area (Å²) in [5.74, 6) is 0.613. The Balaban J connectivity index is 2.05. The predicted octanol–water partition coefficient (Wildman–Crippen LogP) is 1.46. The Kier molecular flexibility index (Phi) is 1.44. The number of nitrogens with one attached hydrogen (secondary N) is 1. The highest BCUT2D eigenvalue weighted by Gasteiger charge is 2.46. The molecule has 1 heterocycles. The number of rotatable bonds is 1. The summed E-state index contributed by atoms with van der Waals surface area (Å²) in [7, 11) is 0. The molecule has 1 aliphatic heterocycles. The molecule has 1 saturated heterocycles. The molecule has 0 unspecified atom stereocenters. The third kappa shape index (κ3) is 0.959. The Bertz CT molecular complexity index is 184. The highest BCUT2D eigenvalue weighted by molar-refractivity contribution is 5.82. The molecule has 0 bridgehead atoms. The lowest BCUT2D eigenvalue weighted by molar-refractivity contribution is -0.123. The third-order valence-corrected chi connectivity index (χ3v) is 3.20. The Morgan fingerprint density at radius 2 is 2.36 bits per heavy atom. The molecular formula is C9H15NO. The van der Waals surface area contributed by atoms with Crippen molar-refractivity contribution in [3.05, 3.63) is 0 Å². The number of carbonyl (C=O) groups is 1. The van der Waals surface area contributed by atoms with Gasteiger partial charge in [0.05, 0.1) is 0 Å². The second-order valence-corrected chi connectivity index (χ2v) is 3.93. The first-order chi connectivity index (χ1) is 5.26. The van der Waals surface area contributed by atoms with Crippen molar-refractivity contribution in [2.45, 2.75) is 44.6 Å². The van der Waals surface area contributed by atoms with Crippen LogP contribution in [0.25, 0.3) is 0 Å². The van der Waals surface area contributed by atoms with Crippen LogP contribution in [-0.2, 0) is 4.79 Å². The first kappa shape index (κ1) is 7.14. The molecule has 62 valence electrons. The zero-order valence-electron chi connectivity index (χ0n) is 7.02. The monoisotopic (exact) mass is 153 g/mol. The van der Waals surface area contributed by atoms with Crippen LogP contribution in [0.2, 0.25) is 0 Å². The SMILES string of the molecule is CC[C@@H]1CC2(CCC2)NC1=O. The maximum Gasteiger partial charge on any atom is 0.223 e. The maximum absolute atomic E-state index is 11.3. The Hall–Kier alpha value is -0.530. The molecule has 1 amide bonds. The summed E-state index contributed by atoms with van der Waals surface area (Å²) in [4.78, 5) is 11.3. The fourth-order valence-electron chi connectivity index (χ4n) is 2.24. The van der Waals surface area contributed by atoms with Gasteiger partial charge in [-0.3, -0.25) is 4.79 Å². The smallest absolute Gasteiger partial charge is 0.223 e. The van der Waals surface area contributed by atoms with Gasteiger partial charge in [-0.15, -0.1) is 0 Å². The second kappa shape index (κ2) is 2.23. The largest absolute Gasteiger partial charge is 0.350 e. The van der Waals surface area contributed by atoms with Crippen LogP contribution in [-0.4, -0.2) is 11.4 Å². The summed E-state index contributed by atoms with van der Waals surface area (Å²) < 4.78 is 0. The van der Waals surface area contributed by atoms with E-state index in [1.807, 2.05) is 0 Å². The molecule has 1 aliphatic carbocycles. The molecule has 11 heavy (non-hydrogen) atoms. The fourth-order valence-corrected chi connectivity index (χ4v) is 2.24. The van der Waals surface area contributed by atoms with Crippen LogP contribution in [0.5, 0.6) is 0 Å². The van der Waals surface area contributed by atoms with Gasteiger partial charge in [-0.25, -0.2) is 0 Å². The van der Waals surface area contributed by atoms with E-state index in [4.69, 9.17) is 0 Å². The van der Waals surface area contributed by atoms with Crippen LogP contribution in [0, 0.1) is 5.92 Å². The zero-order valence-corrected chi connectivity index (χ0v) is 7.02. The third-order valence-electron chi connectivity index (χ3n) is 3.20. The van der Waals surface area contributed by atoms with Gasteiger partial charge in [0.25, 0.3) is 0 Å². The van der Waals surface area contributed by atoms with Gasteiger partial charge in [0.2, 0.25) is 5.91 Å². The van der Waals surface area contributed by atoms with Gasteiger partial charge in [-0.05, 0) is 32.1 Å². The van der Waals surface area contributed by atoms with Crippen molar-refractivity contribution in [2.24, 2.45) is 5.92 Å². The van der Waals surface area contributed by atoms with Crippen LogP contribution in [0.1, 0.15) is 39.0 Å². The molecule has 2 nitrogen and oxygen atoms in total. The second-order valence-electron chi connectivity index (χ2n) is 3.93. The van der Waals surface area contributed by atoms with Gasteiger partial charge in [0.1, 0.15) is 0 Å². The molecular weight excluding hydrogens is 138 g/mol. The van der Waals surface area contributed by atoms with Gasteiger partial charge in [0, 0.05) is 11.5 Å². The molecule has 0 aromatic carbocycles. The molecule has 2 heteroatoms. The van der Waals surface area contributed by atoms with Crippen LogP contribution in [0.4, 0.5) is 0 Å². The molecule has 1 saturated carbocycles. The number of amides is 1. The van der Waals surface area contributed by atoms with Gasteiger partial charge in [-0.2, -0.15) is 0 Å². The molecule has 2 rings (SSSR count). The van der Waals surface area contributed by atoms with Crippen LogP contribution < -0.4 is 5.32 Å². The number of carbonyl (C=O) groups excluding carboxylic acids is 1. The van der Waals surface area contributed by atoms with Gasteiger partial charge >= 0.3 is 0 Å². The first-order valence-electron chi connectivity index (χ1n) is 4.58. The van der Waals surface area contributed by atoms with Gasteiger partial charge in [0.15, 0.2) is 0 Å². The fraction of sp³-hybridized carbons (Fsp3) is 0.889.